The largest absolute Gasteiger partial charge is 0.385 e. The molecule has 0 amide bonds. The average molecular weight is 472 g/mol. The maximum absolute atomic E-state index is 11.8. The summed E-state index contributed by atoms with van der Waals surface area (Å²) >= 11 is 0. The van der Waals surface area contributed by atoms with Gasteiger partial charge in [0.2, 0.25) is 16.0 Å². The Hall–Kier alpha value is -2.19. The van der Waals surface area contributed by atoms with Crippen LogP contribution in [0.25, 0.3) is 0 Å². The van der Waals surface area contributed by atoms with Gasteiger partial charge in [0.15, 0.2) is 0 Å². The topological polar surface area (TPSA) is 78.4 Å². The molecule has 7 nitrogen and oxygen atoms in total. The third-order valence-electron chi connectivity index (χ3n) is 7.22. The van der Waals surface area contributed by atoms with Gasteiger partial charge in [-0.3, -0.25) is 0 Å². The number of hydrogen-bond acceptors (Lipinski definition) is 6. The van der Waals surface area contributed by atoms with Crippen LogP contribution in [-0.2, 0) is 16.4 Å². The molecule has 3 heterocycles. The van der Waals surface area contributed by atoms with Crippen molar-refractivity contribution in [3.8, 4) is 0 Å². The van der Waals surface area contributed by atoms with E-state index in [-0.39, 0.29) is 0 Å². The van der Waals surface area contributed by atoms with Gasteiger partial charge in [-0.1, -0.05) is 13.0 Å². The third kappa shape index (κ3) is 6.03. The number of benzene rings is 1. The second-order valence-corrected chi connectivity index (χ2v) is 11.5. The second kappa shape index (κ2) is 10.4. The highest BCUT2D eigenvalue weighted by molar-refractivity contribution is 7.88. The lowest BCUT2D eigenvalue weighted by atomic mass is 9.87. The molecule has 0 aliphatic carbocycles. The standard InChI is InChI=1S/C25H37N5O2S/c1-4-20-16-27-25(28-17-20)29-11-7-21(8-12-29)18-26-23-5-6-24(19(2)15-23)22-9-13-30(14-10-22)33(3,31)32/h5-6,15-17,21-22,26H,4,7-14,18H2,1-3H3. The van der Waals surface area contributed by atoms with Crippen LogP contribution in [0.5, 0.6) is 0 Å². The van der Waals surface area contributed by atoms with Crippen LogP contribution in [0, 0.1) is 12.8 Å². The summed E-state index contributed by atoms with van der Waals surface area (Å²) < 4.78 is 25.1. The van der Waals surface area contributed by atoms with Crippen LogP contribution in [-0.4, -0.2) is 61.7 Å². The van der Waals surface area contributed by atoms with Gasteiger partial charge in [0.1, 0.15) is 0 Å². The number of sulfonamides is 1. The average Bonchev–Trinajstić information content (AvgIpc) is 2.83. The number of aryl methyl sites for hydroxylation is 2. The summed E-state index contributed by atoms with van der Waals surface area (Å²) in [4.78, 5) is 11.4. The van der Waals surface area contributed by atoms with E-state index in [0.29, 0.717) is 24.9 Å². The van der Waals surface area contributed by atoms with Crippen molar-refractivity contribution >= 4 is 21.7 Å². The molecule has 0 radical (unpaired) electrons. The Morgan fingerprint density at radius 3 is 2.27 bits per heavy atom. The van der Waals surface area contributed by atoms with Crippen molar-refractivity contribution in [1.82, 2.24) is 14.3 Å². The third-order valence-corrected chi connectivity index (χ3v) is 8.53. The molecule has 33 heavy (non-hydrogen) atoms. The predicted molar refractivity (Wildman–Crippen MR) is 134 cm³/mol. The number of rotatable bonds is 7. The van der Waals surface area contributed by atoms with Gasteiger partial charge in [0.05, 0.1) is 6.26 Å². The molecule has 0 bridgehead atoms. The van der Waals surface area contributed by atoms with Crippen LogP contribution >= 0.6 is 0 Å². The lowest BCUT2D eigenvalue weighted by Gasteiger charge is -2.32. The Balaban J connectivity index is 1.25. The van der Waals surface area contributed by atoms with Crippen molar-refractivity contribution in [1.29, 1.82) is 0 Å². The lowest BCUT2D eigenvalue weighted by Crippen LogP contribution is -2.37. The summed E-state index contributed by atoms with van der Waals surface area (Å²) in [7, 11) is -3.08. The molecular weight excluding hydrogens is 434 g/mol. The second-order valence-electron chi connectivity index (χ2n) is 9.56. The monoisotopic (exact) mass is 471 g/mol. The van der Waals surface area contributed by atoms with E-state index in [4.69, 9.17) is 0 Å². The number of piperidine rings is 2. The summed E-state index contributed by atoms with van der Waals surface area (Å²) in [5.74, 6) is 1.94. The van der Waals surface area contributed by atoms with Crippen LogP contribution in [0.3, 0.4) is 0 Å². The molecule has 2 aromatic rings. The molecule has 4 rings (SSSR count). The molecule has 0 atom stereocenters. The molecule has 2 saturated heterocycles. The smallest absolute Gasteiger partial charge is 0.225 e. The van der Waals surface area contributed by atoms with E-state index in [9.17, 15) is 8.42 Å². The molecule has 2 fully saturated rings. The summed E-state index contributed by atoms with van der Waals surface area (Å²) in [6.07, 6.45) is 10.2. The fourth-order valence-electron chi connectivity index (χ4n) is 5.04. The molecule has 0 saturated carbocycles. The van der Waals surface area contributed by atoms with E-state index in [0.717, 1.165) is 57.7 Å². The fourth-order valence-corrected chi connectivity index (χ4v) is 5.91. The highest BCUT2D eigenvalue weighted by Crippen LogP contribution is 2.32. The van der Waals surface area contributed by atoms with E-state index in [1.54, 1.807) is 4.31 Å². The van der Waals surface area contributed by atoms with Gasteiger partial charge >= 0.3 is 0 Å². The Kier molecular flexibility index (Phi) is 7.54. The zero-order valence-electron chi connectivity index (χ0n) is 20.1. The Bertz CT molecular complexity index is 1030. The first-order valence-electron chi connectivity index (χ1n) is 12.2. The van der Waals surface area contributed by atoms with Gasteiger partial charge in [0, 0.05) is 50.8 Å². The Morgan fingerprint density at radius 1 is 1.03 bits per heavy atom. The molecule has 2 aliphatic heterocycles. The SMILES string of the molecule is CCc1cnc(N2CCC(CNc3ccc(C4CCN(S(C)(=O)=O)CC4)c(C)c3)CC2)nc1. The predicted octanol–water partition coefficient (Wildman–Crippen LogP) is 3.81. The molecular formula is C25H37N5O2S. The maximum atomic E-state index is 11.8. The summed E-state index contributed by atoms with van der Waals surface area (Å²) in [6, 6.07) is 6.67. The van der Waals surface area contributed by atoms with Crippen molar-refractivity contribution in [3.63, 3.8) is 0 Å². The van der Waals surface area contributed by atoms with Crippen LogP contribution in [0.15, 0.2) is 30.6 Å². The minimum atomic E-state index is -3.08. The number of aromatic nitrogens is 2. The highest BCUT2D eigenvalue weighted by atomic mass is 32.2. The van der Waals surface area contributed by atoms with Gasteiger partial charge in [-0.2, -0.15) is 0 Å². The quantitative estimate of drug-likeness (QED) is 0.662. The van der Waals surface area contributed by atoms with Crippen LogP contribution in [0.2, 0.25) is 0 Å². The zero-order valence-corrected chi connectivity index (χ0v) is 20.9. The molecule has 8 heteroatoms. The first-order chi connectivity index (χ1) is 15.8. The molecule has 2 aliphatic rings. The minimum absolute atomic E-state index is 0.440. The van der Waals surface area contributed by atoms with Crippen molar-refractivity contribution in [3.05, 3.63) is 47.3 Å². The summed E-state index contributed by atoms with van der Waals surface area (Å²) in [5.41, 5.74) is 5.00. The minimum Gasteiger partial charge on any atom is -0.385 e. The normalized spacial score (nSPS) is 19.1. The molecule has 1 aromatic carbocycles. The van der Waals surface area contributed by atoms with Gasteiger partial charge in [-0.15, -0.1) is 0 Å². The molecule has 180 valence electrons. The Labute approximate surface area is 198 Å². The number of anilines is 2. The summed E-state index contributed by atoms with van der Waals surface area (Å²) in [5, 5.41) is 3.64. The van der Waals surface area contributed by atoms with Crippen molar-refractivity contribution in [2.45, 2.75) is 51.9 Å². The lowest BCUT2D eigenvalue weighted by molar-refractivity contribution is 0.321. The maximum Gasteiger partial charge on any atom is 0.225 e. The van der Waals surface area contributed by atoms with Crippen molar-refractivity contribution in [2.75, 3.05) is 49.2 Å². The van der Waals surface area contributed by atoms with Crippen LogP contribution < -0.4 is 10.2 Å². The van der Waals surface area contributed by atoms with E-state index < -0.39 is 10.0 Å². The van der Waals surface area contributed by atoms with Gasteiger partial charge in [-0.25, -0.2) is 22.7 Å². The zero-order chi connectivity index (χ0) is 23.4. The van der Waals surface area contributed by atoms with Crippen LogP contribution in [0.4, 0.5) is 11.6 Å². The number of nitrogens with one attached hydrogen (secondary N) is 1. The van der Waals surface area contributed by atoms with E-state index in [1.165, 1.54) is 28.6 Å². The van der Waals surface area contributed by atoms with E-state index in [2.05, 4.69) is 52.2 Å². The number of hydrogen-bond donors (Lipinski definition) is 1. The van der Waals surface area contributed by atoms with Crippen LogP contribution in [0.1, 0.15) is 55.2 Å². The highest BCUT2D eigenvalue weighted by Gasteiger charge is 2.26. The first kappa shape index (κ1) is 24.0. The molecule has 0 unspecified atom stereocenters. The van der Waals surface area contributed by atoms with Crippen molar-refractivity contribution < 1.29 is 8.42 Å². The fraction of sp³-hybridized carbons (Fsp3) is 0.600. The molecule has 1 aromatic heterocycles. The molecule has 1 N–H and O–H groups in total. The van der Waals surface area contributed by atoms with E-state index in [1.807, 2.05) is 12.4 Å². The van der Waals surface area contributed by atoms with Crippen molar-refractivity contribution in [2.24, 2.45) is 5.92 Å². The van der Waals surface area contributed by atoms with Gasteiger partial charge in [-0.05, 0) is 79.7 Å². The van der Waals surface area contributed by atoms with Gasteiger partial charge < -0.3 is 10.2 Å². The summed E-state index contributed by atoms with van der Waals surface area (Å²) in [6.45, 7) is 8.52. The molecule has 0 spiro atoms. The van der Waals surface area contributed by atoms with Gasteiger partial charge in [0.25, 0.3) is 0 Å². The Morgan fingerprint density at radius 2 is 1.70 bits per heavy atom. The first-order valence-corrected chi connectivity index (χ1v) is 14.0. The number of nitrogens with zero attached hydrogens (tertiary/aromatic N) is 4. The van der Waals surface area contributed by atoms with E-state index >= 15 is 0 Å².